The number of likely N-dealkylation sites (tertiary alicyclic amines) is 1. The zero-order valence-electron chi connectivity index (χ0n) is 23.6. The van der Waals surface area contributed by atoms with Crippen LogP contribution in [0.2, 0.25) is 5.02 Å². The Balaban J connectivity index is 1.13. The van der Waals surface area contributed by atoms with Gasteiger partial charge in [-0.05, 0) is 56.1 Å². The monoisotopic (exact) mass is 557 g/mol. The molecule has 208 valence electrons. The van der Waals surface area contributed by atoms with E-state index in [1.54, 1.807) is 18.2 Å². The molecular weight excluding hydrogens is 522 g/mol. The molecule has 0 spiro atoms. The number of nitriles is 1. The first-order valence-corrected chi connectivity index (χ1v) is 14.6. The van der Waals surface area contributed by atoms with Crippen LogP contribution in [-0.4, -0.2) is 65.1 Å². The molecule has 2 aromatic rings. The number of aromatic nitrogens is 1. The number of hydrogen-bond donors (Lipinski definition) is 1. The van der Waals surface area contributed by atoms with Crippen molar-refractivity contribution in [3.05, 3.63) is 57.9 Å². The van der Waals surface area contributed by atoms with E-state index in [1.807, 2.05) is 17.0 Å². The second kappa shape index (κ2) is 10.1. The Bertz CT molecular complexity index is 1420. The van der Waals surface area contributed by atoms with E-state index in [0.717, 1.165) is 50.4 Å². The van der Waals surface area contributed by atoms with Crippen LogP contribution < -0.4 is 10.1 Å². The summed E-state index contributed by atoms with van der Waals surface area (Å²) >= 11 is 6.25. The maximum atomic E-state index is 13.6. The van der Waals surface area contributed by atoms with Crippen LogP contribution >= 0.6 is 11.6 Å². The molecule has 0 atom stereocenters. The number of nitrogens with one attached hydrogen (secondary N) is 1. The highest BCUT2D eigenvalue weighted by molar-refractivity contribution is 6.31. The minimum atomic E-state index is -0.311. The van der Waals surface area contributed by atoms with Gasteiger partial charge < -0.3 is 15.0 Å². The number of piperidine rings is 1. The van der Waals surface area contributed by atoms with Crippen molar-refractivity contribution >= 4 is 17.5 Å². The quantitative estimate of drug-likeness (QED) is 0.558. The highest BCUT2D eigenvalue weighted by Crippen LogP contribution is 2.59. The van der Waals surface area contributed by atoms with Crippen LogP contribution in [0.25, 0.3) is 0 Å². The van der Waals surface area contributed by atoms with Gasteiger partial charge >= 0.3 is 0 Å². The van der Waals surface area contributed by atoms with Gasteiger partial charge in [0.05, 0.1) is 28.4 Å². The number of ether oxygens (including phenoxy) is 1. The smallest absolute Gasteiger partial charge is 0.256 e. The molecule has 4 heterocycles. The van der Waals surface area contributed by atoms with Crippen LogP contribution in [0.15, 0.2) is 30.3 Å². The van der Waals surface area contributed by atoms with E-state index in [4.69, 9.17) is 21.3 Å². The van der Waals surface area contributed by atoms with Crippen LogP contribution in [0.3, 0.4) is 0 Å². The van der Waals surface area contributed by atoms with Gasteiger partial charge in [0.1, 0.15) is 23.6 Å². The van der Waals surface area contributed by atoms with Crippen LogP contribution in [0.1, 0.15) is 67.8 Å². The fraction of sp³-hybridized carbons (Fsp3) is 0.531. The summed E-state index contributed by atoms with van der Waals surface area (Å²) in [5, 5.41) is 12.9. The third kappa shape index (κ3) is 4.55. The fourth-order valence-corrected chi connectivity index (χ4v) is 7.82. The standard InChI is InChI=1S/C32H36ClN5O2/c1-31(2)29(32(3,4)30(31)40-24-9-6-21(16-34)26(33)15-24)38-19-27-25(28(38)39)10-8-22(36-27)7-5-20-11-13-37(14-12-20)23-17-35-18-23/h6,8-10,15,20,23,29-30,35H,11-14,17-19H2,1-4H3/t29-,30-. The van der Waals surface area contributed by atoms with Gasteiger partial charge in [0, 0.05) is 48.0 Å². The van der Waals surface area contributed by atoms with Crippen LogP contribution in [0.5, 0.6) is 5.75 Å². The molecule has 1 aromatic heterocycles. The second-order valence-electron chi connectivity index (χ2n) is 12.8. The molecular formula is C32H36ClN5O2. The van der Waals surface area contributed by atoms with Crippen molar-refractivity contribution in [1.82, 2.24) is 20.1 Å². The maximum absolute atomic E-state index is 13.6. The van der Waals surface area contributed by atoms with Gasteiger partial charge in [-0.15, -0.1) is 0 Å². The van der Waals surface area contributed by atoms with Crippen molar-refractivity contribution in [3.63, 3.8) is 0 Å². The number of halogens is 1. The number of rotatable bonds is 4. The summed E-state index contributed by atoms with van der Waals surface area (Å²) in [7, 11) is 0. The summed E-state index contributed by atoms with van der Waals surface area (Å²) in [6, 6.07) is 11.7. The molecule has 1 aromatic carbocycles. The van der Waals surface area contributed by atoms with E-state index in [2.05, 4.69) is 55.8 Å². The predicted molar refractivity (Wildman–Crippen MR) is 154 cm³/mol. The van der Waals surface area contributed by atoms with E-state index < -0.39 is 0 Å². The van der Waals surface area contributed by atoms with E-state index in [-0.39, 0.29) is 28.9 Å². The first-order chi connectivity index (χ1) is 19.1. The zero-order valence-corrected chi connectivity index (χ0v) is 24.4. The Morgan fingerprint density at radius 2 is 1.82 bits per heavy atom. The number of fused-ring (bicyclic) bond motifs is 1. The average Bonchev–Trinajstić information content (AvgIpc) is 3.20. The molecule has 4 aliphatic rings. The van der Waals surface area contributed by atoms with E-state index >= 15 is 0 Å². The molecule has 1 N–H and O–H groups in total. The zero-order chi connectivity index (χ0) is 28.2. The molecule has 40 heavy (non-hydrogen) atoms. The molecule has 0 radical (unpaired) electrons. The molecule has 1 saturated carbocycles. The molecule has 1 amide bonds. The summed E-state index contributed by atoms with van der Waals surface area (Å²) in [6.07, 6.45) is 2.06. The van der Waals surface area contributed by atoms with Gasteiger partial charge in [-0.3, -0.25) is 9.69 Å². The van der Waals surface area contributed by atoms with Crippen molar-refractivity contribution in [2.24, 2.45) is 16.7 Å². The van der Waals surface area contributed by atoms with Crippen LogP contribution in [-0.2, 0) is 6.54 Å². The molecule has 8 heteroatoms. The summed E-state index contributed by atoms with van der Waals surface area (Å²) in [5.41, 5.74) is 2.01. The van der Waals surface area contributed by atoms with Gasteiger partial charge in [-0.2, -0.15) is 5.26 Å². The molecule has 1 aliphatic carbocycles. The van der Waals surface area contributed by atoms with Gasteiger partial charge in [-0.1, -0.05) is 45.2 Å². The third-order valence-electron chi connectivity index (χ3n) is 9.38. The number of amides is 1. The van der Waals surface area contributed by atoms with Gasteiger partial charge in [0.15, 0.2) is 0 Å². The normalized spacial score (nSPS) is 25.7. The van der Waals surface area contributed by atoms with Gasteiger partial charge in [0.2, 0.25) is 0 Å². The molecule has 3 fully saturated rings. The lowest BCUT2D eigenvalue weighted by molar-refractivity contribution is -0.199. The summed E-state index contributed by atoms with van der Waals surface area (Å²) in [4.78, 5) is 22.9. The topological polar surface area (TPSA) is 81.5 Å². The Hall–Kier alpha value is -3.10. The lowest BCUT2D eigenvalue weighted by Gasteiger charge is -2.65. The van der Waals surface area contributed by atoms with Crippen molar-refractivity contribution in [2.45, 2.75) is 65.3 Å². The van der Waals surface area contributed by atoms with E-state index in [1.165, 1.54) is 0 Å². The Morgan fingerprint density at radius 3 is 2.45 bits per heavy atom. The van der Waals surface area contributed by atoms with Crippen molar-refractivity contribution in [1.29, 1.82) is 5.26 Å². The van der Waals surface area contributed by atoms with Crippen molar-refractivity contribution < 1.29 is 9.53 Å². The number of benzene rings is 1. The SMILES string of the molecule is CC1(C)[C@H](Oc2ccc(C#N)c(Cl)c2)C(C)(C)[C@H]1N1Cc2nc(C#CC3CCN(C4CNC4)CC3)ccc2C1=O. The molecule has 0 bridgehead atoms. The third-order valence-corrected chi connectivity index (χ3v) is 9.70. The number of hydrogen-bond acceptors (Lipinski definition) is 6. The maximum Gasteiger partial charge on any atom is 0.256 e. The molecule has 3 aliphatic heterocycles. The number of pyridine rings is 1. The minimum Gasteiger partial charge on any atom is -0.489 e. The summed E-state index contributed by atoms with van der Waals surface area (Å²) in [5.74, 6) is 7.82. The fourth-order valence-electron chi connectivity index (χ4n) is 7.61. The predicted octanol–water partition coefficient (Wildman–Crippen LogP) is 4.48. The highest BCUT2D eigenvalue weighted by atomic mass is 35.5. The first-order valence-electron chi connectivity index (χ1n) is 14.2. The van der Waals surface area contributed by atoms with Crippen LogP contribution in [0, 0.1) is 39.9 Å². The summed E-state index contributed by atoms with van der Waals surface area (Å²) in [6.45, 7) is 13.5. The Morgan fingerprint density at radius 1 is 1.10 bits per heavy atom. The number of carbonyl (C=O) groups is 1. The largest absolute Gasteiger partial charge is 0.489 e. The van der Waals surface area contributed by atoms with Gasteiger partial charge in [-0.25, -0.2) is 4.98 Å². The minimum absolute atomic E-state index is 0.0193. The Kier molecular flexibility index (Phi) is 6.82. The summed E-state index contributed by atoms with van der Waals surface area (Å²) < 4.78 is 6.43. The second-order valence-corrected chi connectivity index (χ2v) is 13.2. The van der Waals surface area contributed by atoms with Crippen molar-refractivity contribution in [2.75, 3.05) is 26.2 Å². The highest BCUT2D eigenvalue weighted by Gasteiger charge is 2.67. The first kappa shape index (κ1) is 27.1. The number of carbonyl (C=O) groups excluding carboxylic acids is 1. The average molecular weight is 558 g/mol. The molecule has 7 nitrogen and oxygen atoms in total. The van der Waals surface area contributed by atoms with E-state index in [9.17, 15) is 10.1 Å². The lowest BCUT2D eigenvalue weighted by Crippen LogP contribution is -2.74. The van der Waals surface area contributed by atoms with Gasteiger partial charge in [0.25, 0.3) is 5.91 Å². The van der Waals surface area contributed by atoms with E-state index in [0.29, 0.717) is 40.4 Å². The van der Waals surface area contributed by atoms with Crippen molar-refractivity contribution in [3.8, 4) is 23.7 Å². The van der Waals surface area contributed by atoms with Crippen LogP contribution in [0.4, 0.5) is 0 Å². The molecule has 0 unspecified atom stereocenters. The lowest BCUT2D eigenvalue weighted by atomic mass is 9.49. The molecule has 6 rings (SSSR count). The number of nitrogens with zero attached hydrogens (tertiary/aromatic N) is 4. The molecule has 2 saturated heterocycles. The Labute approximate surface area is 241 Å².